The molecule has 0 bridgehead atoms. The van der Waals surface area contributed by atoms with Crippen LogP contribution in [0.3, 0.4) is 0 Å². The summed E-state index contributed by atoms with van der Waals surface area (Å²) in [7, 11) is 4.03. The SMILES string of the molecule is CCC[C@@]1(C)CC[C@H]2[C@@H](CC[C@@H]3C[C@@H](O)C(C/C=N/OCCN(C)C)C[C@@]32C)C1=O. The number of aliphatic hydroxyl groups excluding tert-OH is 1. The van der Waals surface area contributed by atoms with Gasteiger partial charge in [0, 0.05) is 24.1 Å². The van der Waals surface area contributed by atoms with E-state index in [0.717, 1.165) is 57.9 Å². The number of oxime groups is 1. The first-order chi connectivity index (χ1) is 14.2. The second kappa shape index (κ2) is 9.68. The van der Waals surface area contributed by atoms with Crippen LogP contribution in [0.25, 0.3) is 0 Å². The average molecular weight is 421 g/mol. The zero-order valence-electron chi connectivity index (χ0n) is 19.9. The van der Waals surface area contributed by atoms with E-state index in [1.165, 1.54) is 6.42 Å². The van der Waals surface area contributed by atoms with Crippen LogP contribution in [0, 0.1) is 34.5 Å². The Morgan fingerprint density at radius 2 is 2.03 bits per heavy atom. The Hall–Kier alpha value is -0.940. The highest BCUT2D eigenvalue weighted by Gasteiger charge is 2.57. The molecular formula is C25H44N2O3. The van der Waals surface area contributed by atoms with Gasteiger partial charge in [-0.15, -0.1) is 0 Å². The smallest absolute Gasteiger partial charge is 0.142 e. The molecule has 0 radical (unpaired) electrons. The van der Waals surface area contributed by atoms with E-state index in [4.69, 9.17) is 4.84 Å². The first-order valence-electron chi connectivity index (χ1n) is 12.2. The Kier molecular flexibility index (Phi) is 7.66. The van der Waals surface area contributed by atoms with Crippen LogP contribution in [-0.4, -0.2) is 55.4 Å². The molecule has 5 nitrogen and oxygen atoms in total. The summed E-state index contributed by atoms with van der Waals surface area (Å²) in [4.78, 5) is 20.9. The molecule has 30 heavy (non-hydrogen) atoms. The molecule has 3 saturated carbocycles. The normalized spacial score (nSPS) is 41.7. The molecular weight excluding hydrogens is 376 g/mol. The quantitative estimate of drug-likeness (QED) is 0.356. The highest BCUT2D eigenvalue weighted by Crippen LogP contribution is 2.61. The molecule has 7 atom stereocenters. The van der Waals surface area contributed by atoms with Crippen LogP contribution in [0.4, 0.5) is 0 Å². The third-order valence-corrected chi connectivity index (χ3v) is 8.79. The van der Waals surface area contributed by atoms with Crippen LogP contribution < -0.4 is 0 Å². The van der Waals surface area contributed by atoms with E-state index in [1.807, 2.05) is 20.3 Å². The van der Waals surface area contributed by atoms with E-state index in [2.05, 4.69) is 30.8 Å². The first-order valence-corrected chi connectivity index (χ1v) is 12.2. The van der Waals surface area contributed by atoms with Crippen molar-refractivity contribution in [3.05, 3.63) is 0 Å². The maximum Gasteiger partial charge on any atom is 0.142 e. The molecule has 3 aliphatic rings. The fourth-order valence-corrected chi connectivity index (χ4v) is 7.00. The summed E-state index contributed by atoms with van der Waals surface area (Å²) in [5.74, 6) is 2.01. The zero-order valence-corrected chi connectivity index (χ0v) is 19.9. The van der Waals surface area contributed by atoms with Gasteiger partial charge < -0.3 is 14.8 Å². The molecule has 0 amide bonds. The molecule has 0 spiro atoms. The third-order valence-electron chi connectivity index (χ3n) is 8.79. The van der Waals surface area contributed by atoms with Crippen molar-refractivity contribution in [2.45, 2.75) is 84.7 Å². The van der Waals surface area contributed by atoms with E-state index in [9.17, 15) is 9.90 Å². The zero-order chi connectivity index (χ0) is 21.9. The van der Waals surface area contributed by atoms with Crippen LogP contribution >= 0.6 is 0 Å². The molecule has 0 saturated heterocycles. The van der Waals surface area contributed by atoms with Gasteiger partial charge in [0.05, 0.1) is 6.10 Å². The van der Waals surface area contributed by atoms with Gasteiger partial charge in [0.25, 0.3) is 0 Å². The van der Waals surface area contributed by atoms with Gasteiger partial charge in [-0.3, -0.25) is 4.79 Å². The van der Waals surface area contributed by atoms with Gasteiger partial charge in [-0.25, -0.2) is 0 Å². The van der Waals surface area contributed by atoms with Crippen molar-refractivity contribution in [1.29, 1.82) is 0 Å². The van der Waals surface area contributed by atoms with Crippen molar-refractivity contribution in [3.63, 3.8) is 0 Å². The summed E-state index contributed by atoms with van der Waals surface area (Å²) < 4.78 is 0. The lowest BCUT2D eigenvalue weighted by atomic mass is 9.45. The number of fused-ring (bicyclic) bond motifs is 3. The highest BCUT2D eigenvalue weighted by atomic mass is 16.6. The van der Waals surface area contributed by atoms with Crippen LogP contribution in [0.1, 0.15) is 78.6 Å². The number of nitrogens with zero attached hydrogens (tertiary/aromatic N) is 2. The van der Waals surface area contributed by atoms with Gasteiger partial charge >= 0.3 is 0 Å². The molecule has 0 aromatic heterocycles. The van der Waals surface area contributed by atoms with E-state index in [0.29, 0.717) is 24.2 Å². The van der Waals surface area contributed by atoms with Gasteiger partial charge in [-0.1, -0.05) is 32.3 Å². The lowest BCUT2D eigenvalue weighted by Crippen LogP contribution is -2.56. The fraction of sp³-hybridized carbons (Fsp3) is 0.920. The summed E-state index contributed by atoms with van der Waals surface area (Å²) in [5.41, 5.74) is 0.0545. The number of hydrogen-bond acceptors (Lipinski definition) is 5. The lowest BCUT2D eigenvalue weighted by molar-refractivity contribution is -0.157. The second-order valence-corrected chi connectivity index (χ2v) is 11.1. The minimum Gasteiger partial charge on any atom is -0.395 e. The molecule has 1 N–H and O–H groups in total. The van der Waals surface area contributed by atoms with Crippen LogP contribution in [0.15, 0.2) is 5.16 Å². The minimum atomic E-state index is -0.266. The van der Waals surface area contributed by atoms with Crippen LogP contribution in [0.2, 0.25) is 0 Å². The van der Waals surface area contributed by atoms with E-state index in [1.54, 1.807) is 0 Å². The number of rotatable bonds is 8. The molecule has 0 aromatic carbocycles. The minimum absolute atomic E-state index is 0.108. The standard InChI is InChI=1S/C25H44N2O3/c1-6-11-24(2)12-9-21-20(23(24)29)8-7-19-16-22(28)18(17-25(19,21)3)10-13-26-30-15-14-27(4)5/h13,18-22,28H,6-12,14-17H2,1-5H3/b26-13+/t18?,19-,20-,21+,22-,24+,25+/m1/s1. The van der Waals surface area contributed by atoms with Crippen molar-refractivity contribution < 1.29 is 14.7 Å². The predicted molar refractivity (Wildman–Crippen MR) is 121 cm³/mol. The molecule has 5 heteroatoms. The molecule has 0 aromatic rings. The number of carbonyl (C=O) groups is 1. The third kappa shape index (κ3) is 4.77. The summed E-state index contributed by atoms with van der Waals surface area (Å²) in [6.07, 6.45) is 10.7. The van der Waals surface area contributed by atoms with Crippen LogP contribution in [0.5, 0.6) is 0 Å². The van der Waals surface area contributed by atoms with E-state index < -0.39 is 0 Å². The number of Topliss-reactive ketones (excluding diaryl/α,β-unsaturated/α-hetero) is 1. The number of hydrogen-bond donors (Lipinski definition) is 1. The Balaban J connectivity index is 1.65. The van der Waals surface area contributed by atoms with Gasteiger partial charge in [0.15, 0.2) is 0 Å². The maximum atomic E-state index is 13.5. The molecule has 3 fully saturated rings. The Labute approximate surface area is 183 Å². The molecule has 172 valence electrons. The number of ketones is 1. The summed E-state index contributed by atoms with van der Waals surface area (Å²) >= 11 is 0. The number of likely N-dealkylation sites (N-methyl/N-ethyl adjacent to an activating group) is 1. The van der Waals surface area contributed by atoms with Crippen molar-refractivity contribution in [3.8, 4) is 0 Å². The Morgan fingerprint density at radius 3 is 2.73 bits per heavy atom. The largest absolute Gasteiger partial charge is 0.395 e. The Morgan fingerprint density at radius 1 is 1.27 bits per heavy atom. The van der Waals surface area contributed by atoms with Gasteiger partial charge in [0.2, 0.25) is 0 Å². The summed E-state index contributed by atoms with van der Waals surface area (Å²) in [5, 5.41) is 14.9. The monoisotopic (exact) mass is 420 g/mol. The number of aliphatic hydroxyl groups is 1. The molecule has 1 unspecified atom stereocenters. The van der Waals surface area contributed by atoms with Crippen molar-refractivity contribution in [2.75, 3.05) is 27.2 Å². The topological polar surface area (TPSA) is 62.1 Å². The van der Waals surface area contributed by atoms with Gasteiger partial charge in [0.1, 0.15) is 12.4 Å². The molecule has 0 heterocycles. The number of carbonyl (C=O) groups excluding carboxylic acids is 1. The highest BCUT2D eigenvalue weighted by molar-refractivity contribution is 5.88. The van der Waals surface area contributed by atoms with E-state index in [-0.39, 0.29) is 28.8 Å². The van der Waals surface area contributed by atoms with Gasteiger partial charge in [-0.05, 0) is 88.6 Å². The maximum absolute atomic E-state index is 13.5. The summed E-state index contributed by atoms with van der Waals surface area (Å²) in [6.45, 7) is 8.26. The van der Waals surface area contributed by atoms with Crippen molar-refractivity contribution in [1.82, 2.24) is 4.90 Å². The molecule has 3 aliphatic carbocycles. The van der Waals surface area contributed by atoms with Gasteiger partial charge in [-0.2, -0.15) is 0 Å². The Bertz CT molecular complexity index is 622. The summed E-state index contributed by atoms with van der Waals surface area (Å²) in [6, 6.07) is 0. The average Bonchev–Trinajstić information content (AvgIpc) is 2.68. The molecule has 0 aliphatic heterocycles. The van der Waals surface area contributed by atoms with E-state index >= 15 is 0 Å². The first kappa shape index (κ1) is 23.7. The van der Waals surface area contributed by atoms with Crippen molar-refractivity contribution in [2.24, 2.45) is 39.7 Å². The lowest BCUT2D eigenvalue weighted by Gasteiger charge is -2.59. The molecule has 3 rings (SSSR count). The fourth-order valence-electron chi connectivity index (χ4n) is 7.00. The predicted octanol–water partition coefficient (Wildman–Crippen LogP) is 4.53. The van der Waals surface area contributed by atoms with Crippen LogP contribution in [-0.2, 0) is 9.63 Å². The van der Waals surface area contributed by atoms with Crippen molar-refractivity contribution >= 4 is 12.0 Å². The second-order valence-electron chi connectivity index (χ2n) is 11.1.